The molecule has 2 fully saturated rings. The molecular weight excluding hydrogens is 484 g/mol. The van der Waals surface area contributed by atoms with Crippen LogP contribution in [0.4, 0.5) is 10.6 Å². The van der Waals surface area contributed by atoms with Crippen molar-refractivity contribution in [1.82, 2.24) is 24.7 Å². The molecule has 206 valence electrons. The first kappa shape index (κ1) is 27.7. The molecule has 4 rings (SSSR count). The molecule has 11 nitrogen and oxygen atoms in total. The van der Waals surface area contributed by atoms with E-state index in [1.807, 2.05) is 24.3 Å². The molecule has 2 heterocycles. The highest BCUT2D eigenvalue weighted by atomic mass is 16.2. The smallest absolute Gasteiger partial charge is 0.338 e. The largest absolute Gasteiger partial charge is 0.354 e. The molecule has 38 heavy (non-hydrogen) atoms. The lowest BCUT2D eigenvalue weighted by molar-refractivity contribution is -0.137. The van der Waals surface area contributed by atoms with Crippen molar-refractivity contribution in [1.29, 1.82) is 0 Å². The monoisotopic (exact) mass is 524 g/mol. The van der Waals surface area contributed by atoms with Gasteiger partial charge < -0.3 is 26.6 Å². The van der Waals surface area contributed by atoms with E-state index in [0.717, 1.165) is 38.6 Å². The zero-order chi connectivity index (χ0) is 27.3. The van der Waals surface area contributed by atoms with Gasteiger partial charge in [0.25, 0.3) is 0 Å². The number of hydrogen-bond acceptors (Lipinski definition) is 7. The van der Waals surface area contributed by atoms with Gasteiger partial charge in [-0.3, -0.25) is 14.7 Å². The van der Waals surface area contributed by atoms with Crippen molar-refractivity contribution >= 4 is 17.8 Å². The highest BCUT2D eigenvalue weighted by molar-refractivity contribution is 5.89. The summed E-state index contributed by atoms with van der Waals surface area (Å²) in [6, 6.07) is 9.99. The first-order valence-electron chi connectivity index (χ1n) is 13.4. The normalized spacial score (nSPS) is 20.3. The molecule has 3 amide bonds. The lowest BCUT2D eigenvalue weighted by atomic mass is 9.92. The van der Waals surface area contributed by atoms with Crippen LogP contribution in [0.15, 0.2) is 41.3 Å². The third kappa shape index (κ3) is 7.18. The molecule has 1 aliphatic carbocycles. The van der Waals surface area contributed by atoms with Gasteiger partial charge in [0.1, 0.15) is 5.82 Å². The third-order valence-corrected chi connectivity index (χ3v) is 7.28. The van der Waals surface area contributed by atoms with Crippen LogP contribution in [0.25, 0.3) is 5.69 Å². The van der Waals surface area contributed by atoms with Crippen LogP contribution in [0, 0.1) is 0 Å². The van der Waals surface area contributed by atoms with Crippen LogP contribution in [0.1, 0.15) is 45.1 Å². The first-order chi connectivity index (χ1) is 18.1. The fourth-order valence-electron chi connectivity index (χ4n) is 4.95. The number of nitrogens with one attached hydrogen (secondary N) is 2. The minimum Gasteiger partial charge on any atom is -0.338 e. The van der Waals surface area contributed by atoms with Crippen molar-refractivity contribution in [2.75, 3.05) is 38.0 Å². The van der Waals surface area contributed by atoms with Gasteiger partial charge in [0.05, 0.1) is 11.2 Å². The number of carbonyl (C=O) groups excluding carboxylic acids is 2. The summed E-state index contributed by atoms with van der Waals surface area (Å²) in [7, 11) is 0. The number of hydrogen-bond donors (Lipinski definition) is 4. The molecule has 1 aromatic carbocycles. The average molecular weight is 525 g/mol. The topological polar surface area (TPSA) is 152 Å². The first-order valence-corrected chi connectivity index (χ1v) is 13.4. The predicted molar refractivity (Wildman–Crippen MR) is 147 cm³/mol. The van der Waals surface area contributed by atoms with Crippen molar-refractivity contribution in [2.45, 2.75) is 63.6 Å². The van der Waals surface area contributed by atoms with Crippen molar-refractivity contribution in [3.8, 4) is 5.69 Å². The summed E-state index contributed by atoms with van der Waals surface area (Å²) in [5.74, 6) is 0.0433. The molecule has 0 spiro atoms. The third-order valence-electron chi connectivity index (χ3n) is 7.28. The summed E-state index contributed by atoms with van der Waals surface area (Å²) in [5, 5.41) is 6.31. The SMILES string of the molecule is CC(C)(N)C(=O)N1CCN(C(=O)Nc2ccn(-c3ccc(CCN[C@H]4CC[C@@H](N)CC4)cc3)c(=O)n2)CC1. The quantitative estimate of drug-likeness (QED) is 0.422. The molecule has 0 unspecified atom stereocenters. The number of nitrogens with two attached hydrogens (primary N) is 2. The molecule has 1 aliphatic heterocycles. The van der Waals surface area contributed by atoms with Crippen LogP contribution in [-0.4, -0.2) is 81.6 Å². The maximum atomic E-state index is 12.7. The average Bonchev–Trinajstić information content (AvgIpc) is 2.89. The van der Waals surface area contributed by atoms with Crippen LogP contribution in [0.5, 0.6) is 0 Å². The zero-order valence-corrected chi connectivity index (χ0v) is 22.4. The standard InChI is InChI=1S/C27H40N8O3/c1-27(2,29)24(36)33-15-17-34(18-16-33)25(37)31-23-12-14-35(26(38)32-23)22-9-3-19(4-10-22)11-13-30-21-7-5-20(28)6-8-21/h3-4,9-10,12,14,20-21,30H,5-8,11,13,15-18,28-29H2,1-2H3,(H,31,32,37,38)/t20-,21+. The molecule has 6 N–H and O–H groups in total. The number of carbonyl (C=O) groups is 2. The van der Waals surface area contributed by atoms with Gasteiger partial charge in [0, 0.05) is 44.5 Å². The Bertz CT molecular complexity index is 1160. The fraction of sp³-hybridized carbons (Fsp3) is 0.556. The summed E-state index contributed by atoms with van der Waals surface area (Å²) >= 11 is 0. The molecule has 2 aliphatic rings. The van der Waals surface area contributed by atoms with Crippen molar-refractivity contribution in [3.05, 3.63) is 52.6 Å². The maximum absolute atomic E-state index is 12.7. The number of aromatic nitrogens is 2. The second kappa shape index (κ2) is 12.1. The Morgan fingerprint density at radius 3 is 2.24 bits per heavy atom. The Balaban J connectivity index is 1.27. The molecule has 0 radical (unpaired) electrons. The summed E-state index contributed by atoms with van der Waals surface area (Å²) in [6.45, 7) is 5.81. The Hall–Kier alpha value is -3.28. The van der Waals surface area contributed by atoms with E-state index in [-0.39, 0.29) is 17.8 Å². The lowest BCUT2D eigenvalue weighted by Crippen LogP contribution is -2.58. The number of piperazine rings is 1. The Kier molecular flexibility index (Phi) is 8.80. The second-order valence-electron chi connectivity index (χ2n) is 10.9. The molecule has 0 atom stereocenters. The Morgan fingerprint density at radius 2 is 1.63 bits per heavy atom. The number of rotatable bonds is 7. The zero-order valence-electron chi connectivity index (χ0n) is 22.4. The Morgan fingerprint density at radius 1 is 1.00 bits per heavy atom. The summed E-state index contributed by atoms with van der Waals surface area (Å²) in [6.07, 6.45) is 6.96. The molecular formula is C27H40N8O3. The summed E-state index contributed by atoms with van der Waals surface area (Å²) < 4.78 is 1.45. The number of anilines is 1. The molecule has 1 saturated heterocycles. The molecule has 2 aromatic rings. The van der Waals surface area contributed by atoms with E-state index in [4.69, 9.17) is 11.5 Å². The molecule has 11 heteroatoms. The second-order valence-corrected chi connectivity index (χ2v) is 10.9. The van der Waals surface area contributed by atoms with E-state index in [1.54, 1.807) is 35.9 Å². The van der Waals surface area contributed by atoms with E-state index in [0.29, 0.717) is 44.0 Å². The minimum absolute atomic E-state index is 0.141. The molecule has 1 aromatic heterocycles. The van der Waals surface area contributed by atoms with E-state index in [1.165, 1.54) is 10.1 Å². The van der Waals surface area contributed by atoms with Gasteiger partial charge in [-0.15, -0.1) is 0 Å². The van der Waals surface area contributed by atoms with E-state index < -0.39 is 11.2 Å². The van der Waals surface area contributed by atoms with Gasteiger partial charge in [-0.1, -0.05) is 12.1 Å². The van der Waals surface area contributed by atoms with E-state index >= 15 is 0 Å². The fourth-order valence-corrected chi connectivity index (χ4v) is 4.95. The van der Waals surface area contributed by atoms with Gasteiger partial charge >= 0.3 is 11.7 Å². The van der Waals surface area contributed by atoms with Crippen molar-refractivity contribution < 1.29 is 9.59 Å². The number of nitrogens with zero attached hydrogens (tertiary/aromatic N) is 4. The van der Waals surface area contributed by atoms with Gasteiger partial charge in [-0.2, -0.15) is 4.98 Å². The highest BCUT2D eigenvalue weighted by Gasteiger charge is 2.31. The van der Waals surface area contributed by atoms with Crippen LogP contribution in [-0.2, 0) is 11.2 Å². The van der Waals surface area contributed by atoms with Crippen LogP contribution >= 0.6 is 0 Å². The van der Waals surface area contributed by atoms with E-state index in [2.05, 4.69) is 15.6 Å². The summed E-state index contributed by atoms with van der Waals surface area (Å²) in [4.78, 5) is 45.0. The van der Waals surface area contributed by atoms with Crippen LogP contribution < -0.4 is 27.8 Å². The maximum Gasteiger partial charge on any atom is 0.354 e. The predicted octanol–water partition coefficient (Wildman–Crippen LogP) is 1.05. The Labute approximate surface area is 223 Å². The molecule has 1 saturated carbocycles. The molecule has 0 bridgehead atoms. The van der Waals surface area contributed by atoms with Gasteiger partial charge in [-0.25, -0.2) is 9.59 Å². The van der Waals surface area contributed by atoms with Crippen molar-refractivity contribution in [3.63, 3.8) is 0 Å². The minimum atomic E-state index is -0.945. The van der Waals surface area contributed by atoms with E-state index in [9.17, 15) is 14.4 Å². The van der Waals surface area contributed by atoms with Gasteiger partial charge in [0.15, 0.2) is 0 Å². The van der Waals surface area contributed by atoms with Gasteiger partial charge in [0.2, 0.25) is 5.91 Å². The lowest BCUT2D eigenvalue weighted by Gasteiger charge is -2.37. The van der Waals surface area contributed by atoms with Crippen LogP contribution in [0.3, 0.4) is 0 Å². The number of benzene rings is 1. The highest BCUT2D eigenvalue weighted by Crippen LogP contribution is 2.17. The number of amides is 3. The van der Waals surface area contributed by atoms with Crippen LogP contribution in [0.2, 0.25) is 0 Å². The van der Waals surface area contributed by atoms with Crippen molar-refractivity contribution in [2.24, 2.45) is 11.5 Å². The number of urea groups is 1. The summed E-state index contributed by atoms with van der Waals surface area (Å²) in [5.41, 5.74) is 12.4. The van der Waals surface area contributed by atoms with Gasteiger partial charge in [-0.05, 0) is 76.3 Å².